The maximum atomic E-state index is 5.75. The highest BCUT2D eigenvalue weighted by Crippen LogP contribution is 2.23. The van der Waals surface area contributed by atoms with E-state index in [4.69, 9.17) is 16.3 Å². The molecule has 0 amide bonds. The zero-order valence-electron chi connectivity index (χ0n) is 9.41. The molecule has 6 heteroatoms. The van der Waals surface area contributed by atoms with Crippen LogP contribution in [0.4, 0.5) is 5.95 Å². The van der Waals surface area contributed by atoms with E-state index in [9.17, 15) is 0 Å². The number of methoxy groups -OCH3 is 1. The molecule has 0 radical (unpaired) electrons. The predicted octanol–water partition coefficient (Wildman–Crippen LogP) is 2.70. The third kappa shape index (κ3) is 3.49. The molecule has 1 aromatic heterocycles. The monoisotopic (exact) mass is 307 g/mol. The second kappa shape index (κ2) is 6.91. The minimum Gasteiger partial charge on any atom is -0.480 e. The van der Waals surface area contributed by atoms with Crippen molar-refractivity contribution < 1.29 is 4.74 Å². The summed E-state index contributed by atoms with van der Waals surface area (Å²) in [5, 5.41) is 0. The van der Waals surface area contributed by atoms with Crippen molar-refractivity contribution in [3.63, 3.8) is 0 Å². The number of anilines is 1. The van der Waals surface area contributed by atoms with Gasteiger partial charge in [-0.1, -0.05) is 6.92 Å². The summed E-state index contributed by atoms with van der Waals surface area (Å²) in [6.07, 6.45) is 2.72. The fourth-order valence-electron chi connectivity index (χ4n) is 1.32. The van der Waals surface area contributed by atoms with Crippen LogP contribution in [0.2, 0.25) is 0 Å². The molecule has 1 rings (SSSR count). The minimum atomic E-state index is 0.542. The maximum absolute atomic E-state index is 5.75. The van der Waals surface area contributed by atoms with Crippen molar-refractivity contribution in [2.75, 3.05) is 31.0 Å². The Morgan fingerprint density at radius 2 is 2.25 bits per heavy atom. The Bertz CT molecular complexity index is 332. The van der Waals surface area contributed by atoms with Crippen LogP contribution < -0.4 is 9.64 Å². The summed E-state index contributed by atoms with van der Waals surface area (Å²) < 4.78 is 5.89. The van der Waals surface area contributed by atoms with E-state index in [-0.39, 0.29) is 0 Å². The zero-order chi connectivity index (χ0) is 12.0. The number of ether oxygens (including phenoxy) is 1. The van der Waals surface area contributed by atoms with Crippen LogP contribution in [0.3, 0.4) is 0 Å². The van der Waals surface area contributed by atoms with Crippen LogP contribution in [0.5, 0.6) is 5.88 Å². The molecule has 0 saturated heterocycles. The van der Waals surface area contributed by atoms with E-state index in [2.05, 4.69) is 32.8 Å². The van der Waals surface area contributed by atoms with Crippen molar-refractivity contribution in [2.24, 2.45) is 0 Å². The van der Waals surface area contributed by atoms with Crippen molar-refractivity contribution in [2.45, 2.75) is 13.3 Å². The maximum Gasteiger partial charge on any atom is 0.232 e. The first kappa shape index (κ1) is 13.5. The van der Waals surface area contributed by atoms with E-state index in [0.717, 1.165) is 24.0 Å². The molecule has 0 saturated carbocycles. The molecular weight excluding hydrogens is 293 g/mol. The Labute approximate surface area is 109 Å². The molecule has 1 heterocycles. The van der Waals surface area contributed by atoms with Gasteiger partial charge < -0.3 is 9.64 Å². The molecule has 0 spiro atoms. The lowest BCUT2D eigenvalue weighted by Gasteiger charge is -2.21. The molecular formula is C10H15BrClN3O. The van der Waals surface area contributed by atoms with Gasteiger partial charge in [-0.3, -0.25) is 0 Å². The van der Waals surface area contributed by atoms with Gasteiger partial charge in [-0.05, 0) is 22.4 Å². The van der Waals surface area contributed by atoms with E-state index < -0.39 is 0 Å². The Morgan fingerprint density at radius 3 is 2.81 bits per heavy atom. The highest BCUT2D eigenvalue weighted by Gasteiger charge is 2.11. The molecule has 0 aromatic carbocycles. The molecule has 0 N–H and O–H groups in total. The highest BCUT2D eigenvalue weighted by atomic mass is 79.9. The molecule has 0 atom stereocenters. The van der Waals surface area contributed by atoms with Gasteiger partial charge in [0.15, 0.2) is 0 Å². The average Bonchev–Trinajstić information content (AvgIpc) is 2.29. The van der Waals surface area contributed by atoms with E-state index in [1.54, 1.807) is 13.3 Å². The fourth-order valence-corrected chi connectivity index (χ4v) is 1.88. The number of hydrogen-bond donors (Lipinski definition) is 0. The average molecular weight is 309 g/mol. The smallest absolute Gasteiger partial charge is 0.232 e. The normalized spacial score (nSPS) is 10.2. The lowest BCUT2D eigenvalue weighted by molar-refractivity contribution is 0.393. The SMILES string of the molecule is CCCN(CCCl)c1ncc(Br)c(OC)n1. The van der Waals surface area contributed by atoms with Gasteiger partial charge in [-0.25, -0.2) is 4.98 Å². The third-order valence-corrected chi connectivity index (χ3v) is 2.74. The van der Waals surface area contributed by atoms with Crippen LogP contribution in [0.25, 0.3) is 0 Å². The van der Waals surface area contributed by atoms with Crippen molar-refractivity contribution >= 4 is 33.5 Å². The Hall–Kier alpha value is -0.550. The number of aromatic nitrogens is 2. The zero-order valence-corrected chi connectivity index (χ0v) is 11.8. The summed E-state index contributed by atoms with van der Waals surface area (Å²) in [5.41, 5.74) is 0. The van der Waals surface area contributed by atoms with Crippen LogP contribution in [0.15, 0.2) is 10.7 Å². The van der Waals surface area contributed by atoms with E-state index in [1.807, 2.05) is 4.90 Å². The first-order chi connectivity index (χ1) is 7.72. The van der Waals surface area contributed by atoms with Crippen molar-refractivity contribution in [1.29, 1.82) is 0 Å². The minimum absolute atomic E-state index is 0.542. The lowest BCUT2D eigenvalue weighted by Crippen LogP contribution is -2.28. The fraction of sp³-hybridized carbons (Fsp3) is 0.600. The summed E-state index contributed by atoms with van der Waals surface area (Å²) in [6, 6.07) is 0. The first-order valence-electron chi connectivity index (χ1n) is 5.10. The van der Waals surface area contributed by atoms with Crippen molar-refractivity contribution in [3.05, 3.63) is 10.7 Å². The second-order valence-corrected chi connectivity index (χ2v) is 4.44. The molecule has 16 heavy (non-hydrogen) atoms. The van der Waals surface area contributed by atoms with Crippen LogP contribution in [0.1, 0.15) is 13.3 Å². The number of halogens is 2. The topological polar surface area (TPSA) is 38.2 Å². The van der Waals surface area contributed by atoms with Gasteiger partial charge >= 0.3 is 0 Å². The number of rotatable bonds is 6. The van der Waals surface area contributed by atoms with Gasteiger partial charge in [0.1, 0.15) is 0 Å². The number of hydrogen-bond acceptors (Lipinski definition) is 4. The molecule has 0 aliphatic rings. The third-order valence-electron chi connectivity index (χ3n) is 2.02. The van der Waals surface area contributed by atoms with Gasteiger partial charge in [0.05, 0.1) is 17.8 Å². The van der Waals surface area contributed by atoms with Gasteiger partial charge in [-0.15, -0.1) is 11.6 Å². The molecule has 4 nitrogen and oxygen atoms in total. The quantitative estimate of drug-likeness (QED) is 0.757. The largest absolute Gasteiger partial charge is 0.480 e. The van der Waals surface area contributed by atoms with Crippen LogP contribution >= 0.6 is 27.5 Å². The molecule has 0 aliphatic carbocycles. The van der Waals surface area contributed by atoms with Crippen LogP contribution in [0, 0.1) is 0 Å². The second-order valence-electron chi connectivity index (χ2n) is 3.20. The van der Waals surface area contributed by atoms with Crippen LogP contribution in [-0.2, 0) is 0 Å². The molecule has 0 unspecified atom stereocenters. The Kier molecular flexibility index (Phi) is 5.84. The first-order valence-corrected chi connectivity index (χ1v) is 6.43. The molecule has 0 aliphatic heterocycles. The molecule has 0 bridgehead atoms. The molecule has 0 fully saturated rings. The van der Waals surface area contributed by atoms with E-state index in [1.165, 1.54) is 0 Å². The molecule has 1 aromatic rings. The van der Waals surface area contributed by atoms with Gasteiger partial charge in [0, 0.05) is 19.0 Å². The van der Waals surface area contributed by atoms with Gasteiger partial charge in [-0.2, -0.15) is 4.98 Å². The lowest BCUT2D eigenvalue weighted by atomic mass is 10.4. The predicted molar refractivity (Wildman–Crippen MR) is 69.5 cm³/mol. The van der Waals surface area contributed by atoms with Crippen molar-refractivity contribution in [1.82, 2.24) is 9.97 Å². The summed E-state index contributed by atoms with van der Waals surface area (Å²) in [7, 11) is 1.59. The summed E-state index contributed by atoms with van der Waals surface area (Å²) in [4.78, 5) is 10.6. The van der Waals surface area contributed by atoms with E-state index in [0.29, 0.717) is 17.7 Å². The van der Waals surface area contributed by atoms with E-state index >= 15 is 0 Å². The van der Waals surface area contributed by atoms with Gasteiger partial charge in [0.2, 0.25) is 11.8 Å². The Balaban J connectivity index is 2.90. The highest BCUT2D eigenvalue weighted by molar-refractivity contribution is 9.10. The summed E-state index contributed by atoms with van der Waals surface area (Å²) >= 11 is 9.07. The summed E-state index contributed by atoms with van der Waals surface area (Å²) in [5.74, 6) is 1.75. The Morgan fingerprint density at radius 1 is 1.50 bits per heavy atom. The molecule has 90 valence electrons. The van der Waals surface area contributed by atoms with Crippen LogP contribution in [-0.4, -0.2) is 36.0 Å². The number of alkyl halides is 1. The standard InChI is InChI=1S/C10H15BrClN3O/c1-3-5-15(6-4-12)10-13-7-8(11)9(14-10)16-2/h7H,3-6H2,1-2H3. The summed E-state index contributed by atoms with van der Waals surface area (Å²) in [6.45, 7) is 3.73. The van der Waals surface area contributed by atoms with Crippen molar-refractivity contribution in [3.8, 4) is 5.88 Å². The number of nitrogens with zero attached hydrogens (tertiary/aromatic N) is 3. The van der Waals surface area contributed by atoms with Gasteiger partial charge in [0.25, 0.3) is 0 Å².